The summed E-state index contributed by atoms with van der Waals surface area (Å²) in [5.74, 6) is 0.678. The first kappa shape index (κ1) is 5.96. The maximum Gasteiger partial charge on any atom is 0.309 e. The van der Waals surface area contributed by atoms with Gasteiger partial charge in [0, 0.05) is 5.92 Å². The van der Waals surface area contributed by atoms with E-state index in [9.17, 15) is 4.79 Å². The Bertz CT molecular complexity index is 184. The van der Waals surface area contributed by atoms with Gasteiger partial charge >= 0.3 is 5.97 Å². The Kier molecular flexibility index (Phi) is 1.26. The summed E-state index contributed by atoms with van der Waals surface area (Å²) in [4.78, 5) is 11.0. The van der Waals surface area contributed by atoms with Crippen LogP contribution in [0.2, 0.25) is 0 Å². The van der Waals surface area contributed by atoms with Gasteiger partial charge < -0.3 is 4.74 Å². The van der Waals surface area contributed by atoms with Gasteiger partial charge in [0.2, 0.25) is 0 Å². The Morgan fingerprint density at radius 2 is 2.20 bits per heavy atom. The molecule has 1 fully saturated rings. The lowest BCUT2D eigenvalue weighted by Crippen LogP contribution is -2.16. The van der Waals surface area contributed by atoms with Crippen LogP contribution in [0.25, 0.3) is 0 Å². The lowest BCUT2D eigenvalue weighted by molar-refractivity contribution is -0.141. The molecule has 0 aromatic heterocycles. The van der Waals surface area contributed by atoms with Gasteiger partial charge in [-0.2, -0.15) is 0 Å². The fourth-order valence-electron chi connectivity index (χ4n) is 1.64. The third-order valence-electron chi connectivity index (χ3n) is 2.31. The Hall–Kier alpha value is -0.790. The highest BCUT2D eigenvalue weighted by molar-refractivity contribution is 5.75. The molecule has 0 bridgehead atoms. The summed E-state index contributed by atoms with van der Waals surface area (Å²) in [6.07, 6.45) is 6.14. The SMILES string of the molecule is O=C1OCC2CC=CC[C@H]12. The van der Waals surface area contributed by atoms with Crippen LogP contribution in [0.3, 0.4) is 0 Å². The van der Waals surface area contributed by atoms with Crippen molar-refractivity contribution in [1.82, 2.24) is 0 Å². The van der Waals surface area contributed by atoms with Crippen LogP contribution >= 0.6 is 0 Å². The van der Waals surface area contributed by atoms with Crippen molar-refractivity contribution in [3.05, 3.63) is 12.2 Å². The number of allylic oxidation sites excluding steroid dienone is 2. The van der Waals surface area contributed by atoms with E-state index in [2.05, 4.69) is 12.2 Å². The van der Waals surface area contributed by atoms with E-state index in [1.54, 1.807) is 0 Å². The number of carbonyl (C=O) groups is 1. The van der Waals surface area contributed by atoms with Crippen LogP contribution in [-0.2, 0) is 9.53 Å². The van der Waals surface area contributed by atoms with E-state index < -0.39 is 0 Å². The zero-order valence-corrected chi connectivity index (χ0v) is 5.75. The second-order valence-electron chi connectivity index (χ2n) is 2.94. The summed E-state index contributed by atoms with van der Waals surface area (Å²) in [7, 11) is 0. The van der Waals surface area contributed by atoms with E-state index in [1.165, 1.54) is 0 Å². The number of hydrogen-bond donors (Lipinski definition) is 0. The van der Waals surface area contributed by atoms with Crippen molar-refractivity contribution in [2.75, 3.05) is 6.61 Å². The summed E-state index contributed by atoms with van der Waals surface area (Å²) in [6.45, 7) is 0.647. The van der Waals surface area contributed by atoms with Crippen molar-refractivity contribution in [2.24, 2.45) is 11.8 Å². The molecule has 0 saturated carbocycles. The molecule has 2 aliphatic rings. The standard InChI is InChI=1S/C8H10O2/c9-8-7-4-2-1-3-6(7)5-10-8/h1-2,6-7H,3-5H2/t6?,7-/m0/s1. The molecule has 2 atom stereocenters. The molecule has 1 heterocycles. The van der Waals surface area contributed by atoms with Crippen molar-refractivity contribution in [3.8, 4) is 0 Å². The highest BCUT2D eigenvalue weighted by atomic mass is 16.5. The second-order valence-corrected chi connectivity index (χ2v) is 2.94. The average molecular weight is 138 g/mol. The van der Waals surface area contributed by atoms with Gasteiger partial charge in [0.15, 0.2) is 0 Å². The van der Waals surface area contributed by atoms with E-state index in [1.807, 2.05) is 0 Å². The molecular formula is C8H10O2. The van der Waals surface area contributed by atoms with E-state index in [0.29, 0.717) is 12.5 Å². The molecule has 0 aromatic rings. The first-order valence-electron chi connectivity index (χ1n) is 3.69. The van der Waals surface area contributed by atoms with E-state index in [0.717, 1.165) is 12.8 Å². The fourth-order valence-corrected chi connectivity index (χ4v) is 1.64. The molecule has 54 valence electrons. The van der Waals surface area contributed by atoms with Gasteiger partial charge in [-0.15, -0.1) is 0 Å². The number of fused-ring (bicyclic) bond motifs is 1. The number of rotatable bonds is 0. The van der Waals surface area contributed by atoms with Gasteiger partial charge in [-0.1, -0.05) is 12.2 Å². The molecule has 2 nitrogen and oxygen atoms in total. The van der Waals surface area contributed by atoms with Crippen LogP contribution in [-0.4, -0.2) is 12.6 Å². The Labute approximate surface area is 59.9 Å². The maximum atomic E-state index is 11.0. The average Bonchev–Trinajstić information content (AvgIpc) is 2.34. The third kappa shape index (κ3) is 0.753. The van der Waals surface area contributed by atoms with Gasteiger partial charge in [-0.05, 0) is 12.8 Å². The van der Waals surface area contributed by atoms with Gasteiger partial charge in [0.1, 0.15) is 0 Å². The van der Waals surface area contributed by atoms with Crippen LogP contribution in [0.1, 0.15) is 12.8 Å². The minimum Gasteiger partial charge on any atom is -0.465 e. The van der Waals surface area contributed by atoms with Crippen LogP contribution in [0.15, 0.2) is 12.2 Å². The molecule has 1 saturated heterocycles. The predicted molar refractivity (Wildman–Crippen MR) is 36.3 cm³/mol. The Morgan fingerprint density at radius 1 is 1.40 bits per heavy atom. The van der Waals surface area contributed by atoms with Crippen molar-refractivity contribution in [3.63, 3.8) is 0 Å². The van der Waals surface area contributed by atoms with Crippen molar-refractivity contribution < 1.29 is 9.53 Å². The van der Waals surface area contributed by atoms with Crippen LogP contribution in [0.4, 0.5) is 0 Å². The molecule has 1 unspecified atom stereocenters. The monoisotopic (exact) mass is 138 g/mol. The quantitative estimate of drug-likeness (QED) is 0.370. The molecule has 10 heavy (non-hydrogen) atoms. The Balaban J connectivity index is 2.17. The lowest BCUT2D eigenvalue weighted by atomic mass is 9.86. The zero-order chi connectivity index (χ0) is 6.97. The van der Waals surface area contributed by atoms with Crippen LogP contribution < -0.4 is 0 Å². The summed E-state index contributed by atoms with van der Waals surface area (Å²) in [5, 5.41) is 0. The number of esters is 1. The highest BCUT2D eigenvalue weighted by Crippen LogP contribution is 2.31. The smallest absolute Gasteiger partial charge is 0.309 e. The molecule has 0 amide bonds. The van der Waals surface area contributed by atoms with Crippen molar-refractivity contribution in [2.45, 2.75) is 12.8 Å². The molecule has 0 N–H and O–H groups in total. The molecule has 1 aliphatic carbocycles. The number of carbonyl (C=O) groups excluding carboxylic acids is 1. The number of hydrogen-bond acceptors (Lipinski definition) is 2. The summed E-state index contributed by atoms with van der Waals surface area (Å²) in [5.41, 5.74) is 0. The maximum absolute atomic E-state index is 11.0. The minimum absolute atomic E-state index is 0.00866. The normalized spacial score (nSPS) is 37.4. The minimum atomic E-state index is 0.00866. The van der Waals surface area contributed by atoms with E-state index in [4.69, 9.17) is 4.74 Å². The van der Waals surface area contributed by atoms with Gasteiger partial charge in [0.05, 0.1) is 12.5 Å². The summed E-state index contributed by atoms with van der Waals surface area (Å²) in [6, 6.07) is 0. The topological polar surface area (TPSA) is 26.3 Å². The zero-order valence-electron chi connectivity index (χ0n) is 5.75. The van der Waals surface area contributed by atoms with Gasteiger partial charge in [-0.3, -0.25) is 4.79 Å². The van der Waals surface area contributed by atoms with Crippen molar-refractivity contribution in [1.29, 1.82) is 0 Å². The van der Waals surface area contributed by atoms with E-state index in [-0.39, 0.29) is 11.9 Å². The highest BCUT2D eigenvalue weighted by Gasteiger charge is 2.36. The molecule has 1 aliphatic heterocycles. The largest absolute Gasteiger partial charge is 0.465 e. The molecule has 2 heteroatoms. The molecule has 0 radical (unpaired) electrons. The molecule has 0 spiro atoms. The fraction of sp³-hybridized carbons (Fsp3) is 0.625. The number of ether oxygens (including phenoxy) is 1. The first-order valence-corrected chi connectivity index (χ1v) is 3.69. The van der Waals surface area contributed by atoms with Crippen molar-refractivity contribution >= 4 is 5.97 Å². The first-order chi connectivity index (χ1) is 4.88. The predicted octanol–water partition coefficient (Wildman–Crippen LogP) is 1.13. The number of cyclic esters (lactones) is 1. The second kappa shape index (κ2) is 2.11. The molecule has 0 aromatic carbocycles. The summed E-state index contributed by atoms with van der Waals surface area (Å²) >= 11 is 0. The van der Waals surface area contributed by atoms with Gasteiger partial charge in [0.25, 0.3) is 0 Å². The summed E-state index contributed by atoms with van der Waals surface area (Å²) < 4.78 is 4.92. The van der Waals surface area contributed by atoms with E-state index >= 15 is 0 Å². The Morgan fingerprint density at radius 3 is 3.00 bits per heavy atom. The van der Waals surface area contributed by atoms with Crippen LogP contribution in [0.5, 0.6) is 0 Å². The van der Waals surface area contributed by atoms with Crippen LogP contribution in [0, 0.1) is 11.8 Å². The lowest BCUT2D eigenvalue weighted by Gasteiger charge is -2.14. The molecular weight excluding hydrogens is 128 g/mol. The van der Waals surface area contributed by atoms with Gasteiger partial charge in [-0.25, -0.2) is 0 Å². The third-order valence-corrected chi connectivity index (χ3v) is 2.31. The molecule has 2 rings (SSSR count).